The fraction of sp³-hybridized carbons (Fsp3) is 0.440. The van der Waals surface area contributed by atoms with Crippen LogP contribution in [0.5, 0.6) is 0 Å². The number of likely N-dealkylation sites (N-methyl/N-ethyl adjacent to an activating group) is 1. The van der Waals surface area contributed by atoms with E-state index in [1.807, 2.05) is 6.07 Å². The maximum absolute atomic E-state index is 14.1. The molecule has 0 radical (unpaired) electrons. The summed E-state index contributed by atoms with van der Waals surface area (Å²) >= 11 is 0. The first-order chi connectivity index (χ1) is 15.5. The number of fused-ring (bicyclic) bond motifs is 3. The minimum absolute atomic E-state index is 0.106. The van der Waals surface area contributed by atoms with Crippen LogP contribution >= 0.6 is 0 Å². The maximum atomic E-state index is 14.1. The molecule has 1 atom stereocenters. The first-order valence-electron chi connectivity index (χ1n) is 11.1. The topological polar surface area (TPSA) is 58.7 Å². The summed E-state index contributed by atoms with van der Waals surface area (Å²) < 4.78 is 53.9. The van der Waals surface area contributed by atoms with Crippen molar-refractivity contribution in [3.05, 3.63) is 58.9 Å². The number of carbonyl (C=O) groups excluding carboxylic acids is 1. The summed E-state index contributed by atoms with van der Waals surface area (Å²) in [7, 11) is 1.60. The minimum atomic E-state index is -4.67. The Morgan fingerprint density at radius 2 is 1.79 bits per heavy atom. The van der Waals surface area contributed by atoms with Crippen LogP contribution in [-0.4, -0.2) is 23.8 Å². The number of rotatable bonds is 1. The van der Waals surface area contributed by atoms with Gasteiger partial charge in [-0.3, -0.25) is 9.69 Å². The Morgan fingerprint density at radius 1 is 1.09 bits per heavy atom. The van der Waals surface area contributed by atoms with Crippen LogP contribution in [0.15, 0.2) is 41.4 Å². The number of halogens is 4. The van der Waals surface area contributed by atoms with E-state index in [1.165, 1.54) is 4.90 Å². The van der Waals surface area contributed by atoms with Gasteiger partial charge in [0.25, 0.3) is 5.91 Å². The van der Waals surface area contributed by atoms with Crippen LogP contribution in [0, 0.1) is 17.2 Å². The van der Waals surface area contributed by atoms with Gasteiger partial charge in [-0.25, -0.2) is 9.38 Å². The molecule has 0 aromatic heterocycles. The van der Waals surface area contributed by atoms with Crippen molar-refractivity contribution in [2.75, 3.05) is 7.05 Å². The van der Waals surface area contributed by atoms with Crippen molar-refractivity contribution >= 4 is 11.9 Å². The van der Waals surface area contributed by atoms with Crippen LogP contribution in [0.25, 0.3) is 11.1 Å². The van der Waals surface area contributed by atoms with E-state index >= 15 is 0 Å². The molecule has 1 unspecified atom stereocenters. The molecule has 2 aromatic carbocycles. The van der Waals surface area contributed by atoms with E-state index in [9.17, 15) is 22.4 Å². The molecule has 1 saturated carbocycles. The largest absolute Gasteiger partial charge is 0.416 e. The number of guanidine groups is 1. The maximum Gasteiger partial charge on any atom is 0.416 e. The number of amides is 1. The SMILES string of the molecule is CC1CCC2(CC1)Cc1ccc(-c3cc(F)cc(C(F)(F)F)c3)cc1C21N=C(N)N(C)C1=O. The molecule has 174 valence electrons. The zero-order chi connectivity index (χ0) is 23.8. The Balaban J connectivity index is 1.69. The molecule has 0 bridgehead atoms. The van der Waals surface area contributed by atoms with E-state index in [2.05, 4.69) is 6.92 Å². The van der Waals surface area contributed by atoms with Crippen molar-refractivity contribution < 1.29 is 22.4 Å². The van der Waals surface area contributed by atoms with Gasteiger partial charge in [-0.05, 0) is 71.7 Å². The van der Waals surface area contributed by atoms with Gasteiger partial charge < -0.3 is 5.73 Å². The van der Waals surface area contributed by atoms with Gasteiger partial charge in [0.05, 0.1) is 5.56 Å². The van der Waals surface area contributed by atoms with Crippen molar-refractivity contribution in [2.24, 2.45) is 22.1 Å². The van der Waals surface area contributed by atoms with Crippen LogP contribution in [0.1, 0.15) is 49.3 Å². The van der Waals surface area contributed by atoms with Crippen LogP contribution in [0.4, 0.5) is 17.6 Å². The van der Waals surface area contributed by atoms with E-state index in [1.54, 1.807) is 19.2 Å². The number of nitrogens with zero attached hydrogens (tertiary/aromatic N) is 2. The van der Waals surface area contributed by atoms with E-state index < -0.39 is 28.5 Å². The average molecular weight is 459 g/mol. The molecule has 8 heteroatoms. The summed E-state index contributed by atoms with van der Waals surface area (Å²) in [5, 5.41) is 0. The minimum Gasteiger partial charge on any atom is -0.369 e. The van der Waals surface area contributed by atoms with Gasteiger partial charge in [0.1, 0.15) is 5.82 Å². The van der Waals surface area contributed by atoms with E-state index in [0.29, 0.717) is 29.5 Å². The highest BCUT2D eigenvalue weighted by Gasteiger charge is 2.66. The van der Waals surface area contributed by atoms with Gasteiger partial charge in [-0.15, -0.1) is 0 Å². The Labute approximate surface area is 189 Å². The van der Waals surface area contributed by atoms with Gasteiger partial charge in [0, 0.05) is 12.5 Å². The molecular weight excluding hydrogens is 434 g/mol. The summed E-state index contributed by atoms with van der Waals surface area (Å²) in [5.41, 5.74) is 5.58. The second-order valence-corrected chi connectivity index (χ2v) is 9.78. The van der Waals surface area contributed by atoms with E-state index in [-0.39, 0.29) is 17.4 Å². The number of nitrogens with two attached hydrogens (primary N) is 1. The Hall–Kier alpha value is -2.90. The third-order valence-electron chi connectivity index (χ3n) is 7.83. The van der Waals surface area contributed by atoms with Gasteiger partial charge in [0.2, 0.25) is 0 Å². The number of hydrogen-bond donors (Lipinski definition) is 1. The first kappa shape index (κ1) is 21.9. The van der Waals surface area contributed by atoms with E-state index in [0.717, 1.165) is 43.4 Å². The van der Waals surface area contributed by atoms with Gasteiger partial charge in [-0.2, -0.15) is 13.2 Å². The van der Waals surface area contributed by atoms with Crippen molar-refractivity contribution in [2.45, 2.75) is 50.7 Å². The van der Waals surface area contributed by atoms with Crippen LogP contribution in [0.3, 0.4) is 0 Å². The number of benzene rings is 2. The Bertz CT molecular complexity index is 1180. The van der Waals surface area contributed by atoms with Gasteiger partial charge in [0.15, 0.2) is 11.5 Å². The highest BCUT2D eigenvalue weighted by Crippen LogP contribution is 2.62. The Morgan fingerprint density at radius 3 is 2.39 bits per heavy atom. The molecule has 2 spiro atoms. The molecule has 5 rings (SSSR count). The smallest absolute Gasteiger partial charge is 0.369 e. The quantitative estimate of drug-likeness (QED) is 0.593. The lowest BCUT2D eigenvalue weighted by Crippen LogP contribution is -2.50. The average Bonchev–Trinajstić information content (AvgIpc) is 3.15. The third-order valence-corrected chi connectivity index (χ3v) is 7.83. The zero-order valence-electron chi connectivity index (χ0n) is 18.5. The number of alkyl halides is 3. The monoisotopic (exact) mass is 459 g/mol. The number of hydrogen-bond acceptors (Lipinski definition) is 3. The van der Waals surface area contributed by atoms with Crippen molar-refractivity contribution in [1.29, 1.82) is 0 Å². The van der Waals surface area contributed by atoms with Gasteiger partial charge in [-0.1, -0.05) is 31.9 Å². The molecule has 2 aliphatic carbocycles. The summed E-state index contributed by atoms with van der Waals surface area (Å²) in [6, 6.07) is 7.75. The van der Waals surface area contributed by atoms with Crippen molar-refractivity contribution in [1.82, 2.24) is 4.90 Å². The first-order valence-corrected chi connectivity index (χ1v) is 11.1. The van der Waals surface area contributed by atoms with Gasteiger partial charge >= 0.3 is 6.18 Å². The number of carbonyl (C=O) groups is 1. The zero-order valence-corrected chi connectivity index (χ0v) is 18.5. The lowest BCUT2D eigenvalue weighted by atomic mass is 9.60. The predicted molar refractivity (Wildman–Crippen MR) is 117 cm³/mol. The molecule has 4 nitrogen and oxygen atoms in total. The van der Waals surface area contributed by atoms with Crippen LogP contribution < -0.4 is 5.73 Å². The fourth-order valence-electron chi connectivity index (χ4n) is 5.96. The molecule has 1 aliphatic heterocycles. The highest BCUT2D eigenvalue weighted by atomic mass is 19.4. The fourth-order valence-corrected chi connectivity index (χ4v) is 5.96. The molecule has 1 heterocycles. The second-order valence-electron chi connectivity index (χ2n) is 9.78. The summed E-state index contributed by atoms with van der Waals surface area (Å²) in [6.07, 6.45) is -0.454. The highest BCUT2D eigenvalue weighted by molar-refractivity contribution is 6.08. The summed E-state index contributed by atoms with van der Waals surface area (Å²) in [4.78, 5) is 19.8. The molecule has 33 heavy (non-hydrogen) atoms. The lowest BCUT2D eigenvalue weighted by molar-refractivity contribution is -0.138. The molecule has 2 N–H and O–H groups in total. The number of aliphatic imine (C=N–C) groups is 1. The van der Waals surface area contributed by atoms with E-state index in [4.69, 9.17) is 10.7 Å². The summed E-state index contributed by atoms with van der Waals surface area (Å²) in [5.74, 6) is -0.482. The third kappa shape index (κ3) is 3.09. The lowest BCUT2D eigenvalue weighted by Gasteiger charge is -2.45. The van der Waals surface area contributed by atoms with Crippen LogP contribution in [0.2, 0.25) is 0 Å². The molecule has 1 fully saturated rings. The normalized spacial score (nSPS) is 29.2. The Kier molecular flexibility index (Phi) is 4.68. The summed E-state index contributed by atoms with van der Waals surface area (Å²) in [6.45, 7) is 2.20. The molecule has 1 amide bonds. The predicted octanol–water partition coefficient (Wildman–Crippen LogP) is 5.25. The molecular formula is C25H25F4N3O. The molecule has 3 aliphatic rings. The van der Waals surface area contributed by atoms with Crippen molar-refractivity contribution in [3.63, 3.8) is 0 Å². The second kappa shape index (κ2) is 7.05. The molecule has 2 aromatic rings. The van der Waals surface area contributed by atoms with Crippen molar-refractivity contribution in [3.8, 4) is 11.1 Å². The van der Waals surface area contributed by atoms with Crippen LogP contribution in [-0.2, 0) is 22.9 Å². The molecule has 0 saturated heterocycles. The standard InChI is InChI=1S/C25H25F4N3O/c1-14-5-7-23(8-6-14)13-16-4-3-15(17-9-18(25(27,28)29)12-19(26)10-17)11-20(16)24(23)21(33)32(2)22(30)31-24/h3-4,9-12,14H,5-8,13H2,1-2H3,(H2,30,31).